The largest absolute Gasteiger partial charge is 0.342 e. The molecule has 7 heteroatoms. The number of amides is 1. The number of hydrogen-bond donors (Lipinski definition) is 0. The van der Waals surface area contributed by atoms with Crippen LogP contribution in [-0.4, -0.2) is 59.9 Å². The molecule has 2 fully saturated rings. The number of rotatable bonds is 5. The van der Waals surface area contributed by atoms with E-state index < -0.39 is 10.0 Å². The van der Waals surface area contributed by atoms with Crippen molar-refractivity contribution in [3.63, 3.8) is 0 Å². The van der Waals surface area contributed by atoms with E-state index in [1.807, 2.05) is 105 Å². The van der Waals surface area contributed by atoms with Crippen LogP contribution in [0, 0.1) is 5.92 Å². The summed E-state index contributed by atoms with van der Waals surface area (Å²) < 4.78 is 24.8. The van der Waals surface area contributed by atoms with Gasteiger partial charge in [-0.1, -0.05) is 134 Å². The van der Waals surface area contributed by atoms with Crippen LogP contribution in [0.5, 0.6) is 0 Å². The van der Waals surface area contributed by atoms with Crippen molar-refractivity contribution in [2.45, 2.75) is 166 Å². The van der Waals surface area contributed by atoms with Crippen molar-refractivity contribution in [2.75, 3.05) is 26.2 Å². The molecule has 3 heterocycles. The van der Waals surface area contributed by atoms with Crippen molar-refractivity contribution in [1.82, 2.24) is 14.2 Å². The minimum absolute atomic E-state index is 0.174. The van der Waals surface area contributed by atoms with Crippen LogP contribution in [0.3, 0.4) is 0 Å². The molecule has 0 aliphatic carbocycles. The van der Waals surface area contributed by atoms with Crippen LogP contribution in [0.2, 0.25) is 0 Å². The molecule has 1 aromatic carbocycles. The lowest BCUT2D eigenvalue weighted by atomic mass is 10.0. The maximum atomic E-state index is 11.6. The Balaban J connectivity index is -0.000000259. The zero-order valence-corrected chi connectivity index (χ0v) is 35.9. The Morgan fingerprint density at radius 2 is 0.939 bits per heavy atom. The Hall–Kier alpha value is -2.25. The summed E-state index contributed by atoms with van der Waals surface area (Å²) in [5.41, 5.74) is 2.77. The summed E-state index contributed by atoms with van der Waals surface area (Å²) in [5, 5.41) is -0.268. The van der Waals surface area contributed by atoms with Crippen molar-refractivity contribution in [2.24, 2.45) is 5.92 Å². The van der Waals surface area contributed by atoms with E-state index in [-0.39, 0.29) is 11.2 Å². The third-order valence-corrected chi connectivity index (χ3v) is 9.55. The number of aromatic nitrogens is 1. The number of carbonyl (C=O) groups excluding carboxylic acids is 1. The van der Waals surface area contributed by atoms with Gasteiger partial charge in [0.2, 0.25) is 15.9 Å². The van der Waals surface area contributed by atoms with Gasteiger partial charge in [0, 0.05) is 44.5 Å². The van der Waals surface area contributed by atoms with Crippen LogP contribution in [0.25, 0.3) is 0 Å². The Kier molecular flexibility index (Phi) is 38.9. The average molecular weight is 708 g/mol. The highest BCUT2D eigenvalue weighted by Gasteiger charge is 2.26. The molecule has 0 radical (unpaired) electrons. The van der Waals surface area contributed by atoms with Gasteiger partial charge in [-0.2, -0.15) is 0 Å². The van der Waals surface area contributed by atoms with Crippen LogP contribution in [0.4, 0.5) is 0 Å². The first-order valence-electron chi connectivity index (χ1n) is 19.6. The van der Waals surface area contributed by atoms with Crippen LogP contribution in [0.1, 0.15) is 172 Å². The van der Waals surface area contributed by atoms with E-state index in [1.54, 1.807) is 18.2 Å². The molecule has 0 unspecified atom stereocenters. The van der Waals surface area contributed by atoms with E-state index in [2.05, 4.69) is 56.9 Å². The molecule has 1 aromatic heterocycles. The Bertz CT molecular complexity index is 1000. The molecular formula is C42H81N3O3S. The molecule has 0 saturated carbocycles. The maximum Gasteiger partial charge on any atom is 0.225 e. The highest BCUT2D eigenvalue weighted by Crippen LogP contribution is 2.16. The van der Waals surface area contributed by atoms with Crippen molar-refractivity contribution in [3.8, 4) is 0 Å². The number of sulfonamides is 1. The molecule has 0 N–H and O–H groups in total. The number of likely N-dealkylation sites (tertiary alicyclic amines) is 1. The smallest absolute Gasteiger partial charge is 0.225 e. The molecule has 0 atom stereocenters. The number of pyridine rings is 1. The predicted molar refractivity (Wildman–Crippen MR) is 219 cm³/mol. The Morgan fingerprint density at radius 3 is 1.24 bits per heavy atom. The van der Waals surface area contributed by atoms with Crippen molar-refractivity contribution in [1.29, 1.82) is 0 Å². The first kappa shape index (κ1) is 53.5. The lowest BCUT2D eigenvalue weighted by molar-refractivity contribution is -0.135. The summed E-state index contributed by atoms with van der Waals surface area (Å²) >= 11 is 0. The highest BCUT2D eigenvalue weighted by molar-refractivity contribution is 7.89. The van der Waals surface area contributed by atoms with Gasteiger partial charge < -0.3 is 4.90 Å². The fourth-order valence-electron chi connectivity index (χ4n) is 4.48. The van der Waals surface area contributed by atoms with E-state index in [0.29, 0.717) is 17.7 Å². The summed E-state index contributed by atoms with van der Waals surface area (Å²) in [6.07, 6.45) is 10.5. The van der Waals surface area contributed by atoms with Gasteiger partial charge in [0.05, 0.1) is 5.25 Å². The van der Waals surface area contributed by atoms with E-state index in [0.717, 1.165) is 39.0 Å². The Morgan fingerprint density at radius 1 is 0.571 bits per heavy atom. The minimum Gasteiger partial charge on any atom is -0.342 e. The van der Waals surface area contributed by atoms with E-state index in [1.165, 1.54) is 36.8 Å². The monoisotopic (exact) mass is 708 g/mol. The molecule has 288 valence electrons. The molecule has 49 heavy (non-hydrogen) atoms. The molecule has 0 spiro atoms. The molecule has 6 nitrogen and oxygen atoms in total. The second-order valence-electron chi connectivity index (χ2n) is 12.1. The van der Waals surface area contributed by atoms with E-state index in [4.69, 9.17) is 0 Å². The minimum atomic E-state index is -2.97. The quantitative estimate of drug-likeness (QED) is 0.310. The molecule has 0 bridgehead atoms. The lowest BCUT2D eigenvalue weighted by Crippen LogP contribution is -2.39. The molecule has 2 saturated heterocycles. The standard InChI is InChI=1S/C9H17NO.C9H12.C8H17NO2S.C8H11N.4C2H6/c1-8(2)9(11)10-6-4-3-5-7-10;1-8(2)9-6-4-3-5-7-9;1-8(2)12(10,11)9-6-4-3-5-7-9;1-7(2)8-3-5-9-6-4-8;4*1-2/h8H,3-7H2,1-2H3;3-8H,1-2H3;8H,3-7H2,1-2H3;3-7H,1-2H3;4*1-2H3. The van der Waals surface area contributed by atoms with Gasteiger partial charge in [-0.25, -0.2) is 12.7 Å². The zero-order valence-electron chi connectivity index (χ0n) is 35.1. The van der Waals surface area contributed by atoms with Crippen molar-refractivity contribution < 1.29 is 13.2 Å². The van der Waals surface area contributed by atoms with Gasteiger partial charge >= 0.3 is 0 Å². The van der Waals surface area contributed by atoms with Gasteiger partial charge in [0.15, 0.2) is 0 Å². The van der Waals surface area contributed by atoms with Crippen LogP contribution in [-0.2, 0) is 14.8 Å². The summed E-state index contributed by atoms with van der Waals surface area (Å²) in [6, 6.07) is 14.6. The second-order valence-corrected chi connectivity index (χ2v) is 14.6. The maximum absolute atomic E-state index is 11.6. The van der Waals surface area contributed by atoms with Gasteiger partial charge in [0.25, 0.3) is 0 Å². The fraction of sp³-hybridized carbons (Fsp3) is 0.714. The van der Waals surface area contributed by atoms with E-state index in [9.17, 15) is 13.2 Å². The number of piperidine rings is 2. The second kappa shape index (κ2) is 35.6. The first-order valence-corrected chi connectivity index (χ1v) is 21.1. The molecule has 1 amide bonds. The number of hydrogen-bond acceptors (Lipinski definition) is 4. The Labute approximate surface area is 306 Å². The predicted octanol–water partition coefficient (Wildman–Crippen LogP) is 12.0. The summed E-state index contributed by atoms with van der Waals surface area (Å²) in [4.78, 5) is 17.3. The van der Waals surface area contributed by atoms with Crippen LogP contribution >= 0.6 is 0 Å². The number of nitrogens with zero attached hydrogens (tertiary/aromatic N) is 3. The average Bonchev–Trinajstić information content (AvgIpc) is 3.16. The summed E-state index contributed by atoms with van der Waals surface area (Å²) in [5.74, 6) is 1.78. The van der Waals surface area contributed by atoms with Crippen molar-refractivity contribution in [3.05, 3.63) is 66.0 Å². The fourth-order valence-corrected chi connectivity index (χ4v) is 5.85. The number of benzene rings is 1. The van der Waals surface area contributed by atoms with Crippen LogP contribution in [0.15, 0.2) is 54.9 Å². The molecule has 2 aromatic rings. The highest BCUT2D eigenvalue weighted by atomic mass is 32.2. The third kappa shape index (κ3) is 26.3. The van der Waals surface area contributed by atoms with Crippen molar-refractivity contribution >= 4 is 15.9 Å². The zero-order chi connectivity index (χ0) is 38.8. The van der Waals surface area contributed by atoms with Crippen LogP contribution < -0.4 is 0 Å². The topological polar surface area (TPSA) is 70.6 Å². The molecule has 2 aliphatic heterocycles. The van der Waals surface area contributed by atoms with Gasteiger partial charge in [0.1, 0.15) is 0 Å². The molecule has 4 rings (SSSR count). The third-order valence-electron chi connectivity index (χ3n) is 7.27. The molecule has 2 aliphatic rings. The first-order chi connectivity index (χ1) is 23.4. The normalized spacial score (nSPS) is 13.8. The summed E-state index contributed by atoms with van der Waals surface area (Å²) in [7, 11) is -2.97. The van der Waals surface area contributed by atoms with Gasteiger partial charge in [-0.3, -0.25) is 9.78 Å². The molecular weight excluding hydrogens is 627 g/mol. The number of carbonyl (C=O) groups is 1. The lowest BCUT2D eigenvalue weighted by Gasteiger charge is -2.28. The van der Waals surface area contributed by atoms with Gasteiger partial charge in [-0.15, -0.1) is 0 Å². The SMILES string of the molecule is CC.CC.CC.CC.CC(C)C(=O)N1CCCCC1.CC(C)S(=O)(=O)N1CCCCC1.CC(C)c1ccccc1.CC(C)c1ccncc1. The van der Waals surface area contributed by atoms with E-state index >= 15 is 0 Å². The van der Waals surface area contributed by atoms with Gasteiger partial charge in [-0.05, 0) is 81.0 Å². The summed E-state index contributed by atoms with van der Waals surface area (Å²) in [6.45, 7) is 35.6.